The Morgan fingerprint density at radius 3 is 2.42 bits per heavy atom. The zero-order chi connectivity index (χ0) is 18.5. The molecule has 3 aromatic rings. The molecule has 1 amide bonds. The van der Waals surface area contributed by atoms with Crippen LogP contribution >= 0.6 is 0 Å². The van der Waals surface area contributed by atoms with Gasteiger partial charge in [-0.2, -0.15) is 0 Å². The fourth-order valence-corrected chi connectivity index (χ4v) is 2.69. The van der Waals surface area contributed by atoms with Gasteiger partial charge in [0.2, 0.25) is 0 Å². The van der Waals surface area contributed by atoms with Crippen LogP contribution in [0, 0.1) is 0 Å². The fourth-order valence-electron chi connectivity index (χ4n) is 2.69. The van der Waals surface area contributed by atoms with Gasteiger partial charge in [-0.25, -0.2) is 4.79 Å². The Balaban J connectivity index is 1.74. The molecule has 3 aromatic carbocycles. The molecule has 5 heteroatoms. The van der Waals surface area contributed by atoms with Crippen molar-refractivity contribution < 1.29 is 14.3 Å². The van der Waals surface area contributed by atoms with Crippen molar-refractivity contribution in [3.63, 3.8) is 0 Å². The van der Waals surface area contributed by atoms with E-state index in [4.69, 9.17) is 10.5 Å². The van der Waals surface area contributed by atoms with E-state index in [1.807, 2.05) is 42.5 Å². The number of nitrogen functional groups attached to an aromatic ring is 1. The Hall–Kier alpha value is -3.34. The van der Waals surface area contributed by atoms with E-state index in [2.05, 4.69) is 5.32 Å². The van der Waals surface area contributed by atoms with Crippen LogP contribution in [0.15, 0.2) is 66.7 Å². The second-order valence-electron chi connectivity index (χ2n) is 5.94. The molecule has 26 heavy (non-hydrogen) atoms. The molecule has 0 saturated carbocycles. The summed E-state index contributed by atoms with van der Waals surface area (Å²) in [6, 6.07) is 19.8. The highest BCUT2D eigenvalue weighted by atomic mass is 16.5. The highest BCUT2D eigenvalue weighted by molar-refractivity contribution is 6.04. The van der Waals surface area contributed by atoms with Crippen molar-refractivity contribution in [3.05, 3.63) is 72.3 Å². The van der Waals surface area contributed by atoms with E-state index in [0.717, 1.165) is 10.8 Å². The van der Waals surface area contributed by atoms with Gasteiger partial charge in [-0.3, -0.25) is 4.79 Å². The van der Waals surface area contributed by atoms with Crippen LogP contribution in [0.2, 0.25) is 0 Å². The smallest absolute Gasteiger partial charge is 0.338 e. The second kappa shape index (κ2) is 7.70. The van der Waals surface area contributed by atoms with Crippen LogP contribution in [0.25, 0.3) is 10.8 Å². The van der Waals surface area contributed by atoms with E-state index in [-0.39, 0.29) is 5.91 Å². The molecule has 132 valence electrons. The van der Waals surface area contributed by atoms with Crippen LogP contribution < -0.4 is 11.1 Å². The van der Waals surface area contributed by atoms with Gasteiger partial charge < -0.3 is 15.8 Å². The lowest BCUT2D eigenvalue weighted by Crippen LogP contribution is -2.32. The molecule has 0 aliphatic carbocycles. The molecule has 3 rings (SSSR count). The van der Waals surface area contributed by atoms with Crippen molar-refractivity contribution in [2.75, 3.05) is 11.1 Å². The minimum Gasteiger partial charge on any atom is -0.449 e. The molecular weight excluding hydrogens is 328 g/mol. The molecule has 0 aromatic heterocycles. The molecule has 3 N–H and O–H groups in total. The number of nitrogens with two attached hydrogens (primary N) is 1. The zero-order valence-electron chi connectivity index (χ0n) is 14.4. The number of hydrogen-bond acceptors (Lipinski definition) is 4. The summed E-state index contributed by atoms with van der Waals surface area (Å²) in [6.07, 6.45) is -0.504. The van der Waals surface area contributed by atoms with Gasteiger partial charge in [0.05, 0.1) is 5.56 Å². The van der Waals surface area contributed by atoms with Crippen molar-refractivity contribution >= 4 is 34.0 Å². The molecule has 0 saturated heterocycles. The van der Waals surface area contributed by atoms with Gasteiger partial charge in [0.25, 0.3) is 5.91 Å². The maximum absolute atomic E-state index is 12.6. The molecular formula is C21H20N2O3. The SMILES string of the molecule is CCC(OC(=O)c1ccc(N)cc1)C(=O)Nc1cccc2ccccc12. The summed E-state index contributed by atoms with van der Waals surface area (Å²) in [4.78, 5) is 24.9. The highest BCUT2D eigenvalue weighted by Gasteiger charge is 2.22. The zero-order valence-corrected chi connectivity index (χ0v) is 14.4. The minimum atomic E-state index is -0.876. The summed E-state index contributed by atoms with van der Waals surface area (Å²) in [5.41, 5.74) is 7.22. The van der Waals surface area contributed by atoms with Gasteiger partial charge in [0.1, 0.15) is 0 Å². The number of rotatable bonds is 5. The maximum atomic E-state index is 12.6. The summed E-state index contributed by atoms with van der Waals surface area (Å²) in [5, 5.41) is 4.82. The number of hydrogen-bond donors (Lipinski definition) is 2. The number of amides is 1. The lowest BCUT2D eigenvalue weighted by Gasteiger charge is -2.17. The van der Waals surface area contributed by atoms with E-state index in [1.165, 1.54) is 0 Å². The number of esters is 1. The van der Waals surface area contributed by atoms with Gasteiger partial charge in [0.15, 0.2) is 6.10 Å². The third-order valence-corrected chi connectivity index (χ3v) is 4.11. The molecule has 0 spiro atoms. The number of carbonyl (C=O) groups is 2. The Morgan fingerprint density at radius 2 is 1.69 bits per heavy atom. The van der Waals surface area contributed by atoms with E-state index in [9.17, 15) is 9.59 Å². The van der Waals surface area contributed by atoms with Gasteiger partial charge >= 0.3 is 5.97 Å². The third kappa shape index (κ3) is 3.83. The monoisotopic (exact) mass is 348 g/mol. The second-order valence-corrected chi connectivity index (χ2v) is 5.94. The van der Waals surface area contributed by atoms with Crippen LogP contribution in [0.1, 0.15) is 23.7 Å². The number of benzene rings is 3. The van der Waals surface area contributed by atoms with E-state index < -0.39 is 12.1 Å². The quantitative estimate of drug-likeness (QED) is 0.539. The summed E-state index contributed by atoms with van der Waals surface area (Å²) in [5.74, 6) is -0.905. The summed E-state index contributed by atoms with van der Waals surface area (Å²) < 4.78 is 5.38. The van der Waals surface area contributed by atoms with Crippen LogP contribution in [0.3, 0.4) is 0 Å². The first-order valence-corrected chi connectivity index (χ1v) is 8.43. The molecule has 0 heterocycles. The first-order chi connectivity index (χ1) is 12.6. The van der Waals surface area contributed by atoms with Crippen molar-refractivity contribution in [2.24, 2.45) is 0 Å². The van der Waals surface area contributed by atoms with Crippen molar-refractivity contribution in [1.82, 2.24) is 0 Å². The largest absolute Gasteiger partial charge is 0.449 e. The van der Waals surface area contributed by atoms with E-state index in [1.54, 1.807) is 31.2 Å². The standard InChI is InChI=1S/C21H20N2O3/c1-2-19(26-21(25)15-10-12-16(22)13-11-15)20(24)23-18-9-5-7-14-6-3-4-8-17(14)18/h3-13,19H,2,22H2,1H3,(H,23,24). The maximum Gasteiger partial charge on any atom is 0.338 e. The molecule has 5 nitrogen and oxygen atoms in total. The first kappa shape index (κ1) is 17.5. The topological polar surface area (TPSA) is 81.4 Å². The highest BCUT2D eigenvalue weighted by Crippen LogP contribution is 2.23. The van der Waals surface area contributed by atoms with E-state index in [0.29, 0.717) is 23.4 Å². The van der Waals surface area contributed by atoms with Crippen LogP contribution in [0.4, 0.5) is 11.4 Å². The molecule has 1 unspecified atom stereocenters. The van der Waals surface area contributed by atoms with Crippen LogP contribution in [-0.2, 0) is 9.53 Å². The van der Waals surface area contributed by atoms with Gasteiger partial charge in [-0.05, 0) is 42.1 Å². The summed E-state index contributed by atoms with van der Waals surface area (Å²) >= 11 is 0. The number of fused-ring (bicyclic) bond motifs is 1. The summed E-state index contributed by atoms with van der Waals surface area (Å²) in [6.45, 7) is 1.80. The van der Waals surface area contributed by atoms with E-state index >= 15 is 0 Å². The fraction of sp³-hybridized carbons (Fsp3) is 0.143. The molecule has 0 radical (unpaired) electrons. The van der Waals surface area contributed by atoms with Crippen molar-refractivity contribution in [2.45, 2.75) is 19.4 Å². The van der Waals surface area contributed by atoms with Gasteiger partial charge in [-0.15, -0.1) is 0 Å². The van der Waals surface area contributed by atoms with Crippen molar-refractivity contribution in [1.29, 1.82) is 0 Å². The van der Waals surface area contributed by atoms with Gasteiger partial charge in [-0.1, -0.05) is 43.3 Å². The number of nitrogens with one attached hydrogen (secondary N) is 1. The molecule has 0 aliphatic heterocycles. The number of carbonyl (C=O) groups excluding carboxylic acids is 2. The predicted molar refractivity (Wildman–Crippen MR) is 103 cm³/mol. The average Bonchev–Trinajstić information content (AvgIpc) is 2.66. The average molecular weight is 348 g/mol. The van der Waals surface area contributed by atoms with Crippen LogP contribution in [-0.4, -0.2) is 18.0 Å². The lowest BCUT2D eigenvalue weighted by atomic mass is 10.1. The molecule has 0 aliphatic rings. The Morgan fingerprint density at radius 1 is 1.00 bits per heavy atom. The first-order valence-electron chi connectivity index (χ1n) is 8.43. The minimum absolute atomic E-state index is 0.354. The molecule has 0 bridgehead atoms. The summed E-state index contributed by atoms with van der Waals surface area (Å²) in [7, 11) is 0. The van der Waals surface area contributed by atoms with Crippen LogP contribution in [0.5, 0.6) is 0 Å². The normalized spacial score (nSPS) is 11.7. The lowest BCUT2D eigenvalue weighted by molar-refractivity contribution is -0.124. The number of ether oxygens (including phenoxy) is 1. The van der Waals surface area contributed by atoms with Crippen molar-refractivity contribution in [3.8, 4) is 0 Å². The Bertz CT molecular complexity index is 930. The Kier molecular flexibility index (Phi) is 5.17. The third-order valence-electron chi connectivity index (χ3n) is 4.11. The van der Waals surface area contributed by atoms with Gasteiger partial charge in [0, 0.05) is 16.8 Å². The predicted octanol–water partition coefficient (Wildman–Crippen LogP) is 4.00. The Labute approximate surface area is 151 Å². The molecule has 0 fully saturated rings. The number of anilines is 2. The molecule has 1 atom stereocenters.